The number of hydrogen-bond donors (Lipinski definition) is 1. The summed E-state index contributed by atoms with van der Waals surface area (Å²) in [6.07, 6.45) is 0.902. The topological polar surface area (TPSA) is 82.4 Å². The molecular weight excluding hydrogens is 350 g/mol. The first-order valence-corrected chi connectivity index (χ1v) is 9.89. The minimum atomic E-state index is -3.62. The van der Waals surface area contributed by atoms with Gasteiger partial charge in [-0.25, -0.2) is 13.1 Å². The molecule has 136 valence electrons. The van der Waals surface area contributed by atoms with Crippen molar-refractivity contribution < 1.29 is 13.2 Å². The lowest BCUT2D eigenvalue weighted by Crippen LogP contribution is -2.31. The van der Waals surface area contributed by atoms with Crippen molar-refractivity contribution in [3.63, 3.8) is 0 Å². The largest absolute Gasteiger partial charge is 0.495 e. The molecule has 6 nitrogen and oxygen atoms in total. The Bertz CT molecular complexity index is 922. The highest BCUT2D eigenvalue weighted by Gasteiger charge is 2.26. The van der Waals surface area contributed by atoms with Gasteiger partial charge in [-0.15, -0.1) is 0 Å². The van der Waals surface area contributed by atoms with E-state index in [1.807, 2.05) is 30.3 Å². The monoisotopic (exact) mass is 371 g/mol. The molecule has 1 fully saturated rings. The van der Waals surface area contributed by atoms with E-state index in [9.17, 15) is 8.42 Å². The molecule has 0 amide bonds. The van der Waals surface area contributed by atoms with Crippen LogP contribution in [0.15, 0.2) is 53.4 Å². The van der Waals surface area contributed by atoms with Gasteiger partial charge in [-0.1, -0.05) is 18.2 Å². The Hall–Kier alpha value is -2.56. The summed E-state index contributed by atoms with van der Waals surface area (Å²) in [7, 11) is -1.97. The van der Waals surface area contributed by atoms with Crippen LogP contribution in [0.5, 0.6) is 5.75 Å². The van der Waals surface area contributed by atoms with Gasteiger partial charge in [-0.05, 0) is 42.7 Å². The third kappa shape index (κ3) is 3.98. The Kier molecular flexibility index (Phi) is 5.45. The molecule has 0 spiro atoms. The molecule has 1 heterocycles. The standard InChI is InChI=1S/C19H21N3O3S/c1-25-19-8-3-2-7-18(19)22-10-9-16(14-22)13-21-26(23,24)17-6-4-5-15(11-17)12-20/h2-8,11,16,21H,9-10,13-14H2,1H3/t16-/m1/s1. The average Bonchev–Trinajstić information content (AvgIpc) is 3.15. The number of rotatable bonds is 6. The second-order valence-corrected chi connectivity index (χ2v) is 8.03. The lowest BCUT2D eigenvalue weighted by molar-refractivity contribution is 0.414. The zero-order chi connectivity index (χ0) is 18.6. The minimum Gasteiger partial charge on any atom is -0.495 e. The van der Waals surface area contributed by atoms with E-state index in [4.69, 9.17) is 10.00 Å². The smallest absolute Gasteiger partial charge is 0.240 e. The molecule has 0 aromatic heterocycles. The zero-order valence-electron chi connectivity index (χ0n) is 14.6. The molecular formula is C19H21N3O3S. The van der Waals surface area contributed by atoms with Gasteiger partial charge in [0.15, 0.2) is 0 Å². The number of hydrogen-bond acceptors (Lipinski definition) is 5. The van der Waals surface area contributed by atoms with Crippen LogP contribution < -0.4 is 14.4 Å². The van der Waals surface area contributed by atoms with Gasteiger partial charge in [0.2, 0.25) is 10.0 Å². The van der Waals surface area contributed by atoms with Gasteiger partial charge in [0.05, 0.1) is 29.3 Å². The van der Waals surface area contributed by atoms with E-state index in [0.29, 0.717) is 12.1 Å². The van der Waals surface area contributed by atoms with Crippen LogP contribution >= 0.6 is 0 Å². The van der Waals surface area contributed by atoms with Gasteiger partial charge in [-0.2, -0.15) is 5.26 Å². The molecule has 1 atom stereocenters. The van der Waals surface area contributed by atoms with Crippen LogP contribution in [-0.2, 0) is 10.0 Å². The van der Waals surface area contributed by atoms with Crippen molar-refractivity contribution >= 4 is 15.7 Å². The molecule has 0 radical (unpaired) electrons. The molecule has 1 saturated heterocycles. The van der Waals surface area contributed by atoms with Crippen LogP contribution in [0.3, 0.4) is 0 Å². The summed E-state index contributed by atoms with van der Waals surface area (Å²) in [5.41, 5.74) is 1.36. The lowest BCUT2D eigenvalue weighted by Gasteiger charge is -2.21. The first-order valence-electron chi connectivity index (χ1n) is 8.41. The Morgan fingerprint density at radius 3 is 2.85 bits per heavy atom. The van der Waals surface area contributed by atoms with Crippen molar-refractivity contribution in [1.29, 1.82) is 5.26 Å². The molecule has 7 heteroatoms. The quantitative estimate of drug-likeness (QED) is 0.843. The predicted molar refractivity (Wildman–Crippen MR) is 99.7 cm³/mol. The number of methoxy groups -OCH3 is 1. The van der Waals surface area contributed by atoms with Gasteiger partial charge in [0.25, 0.3) is 0 Å². The number of benzene rings is 2. The zero-order valence-corrected chi connectivity index (χ0v) is 15.4. The molecule has 1 aliphatic rings. The van der Waals surface area contributed by atoms with Crippen molar-refractivity contribution in [2.24, 2.45) is 5.92 Å². The van der Waals surface area contributed by atoms with Crippen molar-refractivity contribution in [3.8, 4) is 11.8 Å². The van der Waals surface area contributed by atoms with Gasteiger partial charge >= 0.3 is 0 Å². The number of para-hydroxylation sites is 2. The highest BCUT2D eigenvalue weighted by molar-refractivity contribution is 7.89. The third-order valence-electron chi connectivity index (χ3n) is 4.55. The van der Waals surface area contributed by atoms with E-state index in [1.54, 1.807) is 19.2 Å². The Morgan fingerprint density at radius 1 is 1.27 bits per heavy atom. The number of ether oxygens (including phenoxy) is 1. The van der Waals surface area contributed by atoms with Crippen molar-refractivity contribution in [2.45, 2.75) is 11.3 Å². The minimum absolute atomic E-state index is 0.121. The summed E-state index contributed by atoms with van der Waals surface area (Å²) < 4.78 is 33.0. The predicted octanol–water partition coefficient (Wildman–Crippen LogP) is 2.37. The summed E-state index contributed by atoms with van der Waals surface area (Å²) >= 11 is 0. The van der Waals surface area contributed by atoms with Gasteiger partial charge in [-0.3, -0.25) is 0 Å². The first-order chi connectivity index (χ1) is 12.5. The Balaban J connectivity index is 1.63. The van der Waals surface area contributed by atoms with E-state index in [-0.39, 0.29) is 10.8 Å². The molecule has 26 heavy (non-hydrogen) atoms. The Labute approximate surface area is 154 Å². The molecule has 3 rings (SSSR count). The number of nitrogens with zero attached hydrogens (tertiary/aromatic N) is 2. The number of nitriles is 1. The third-order valence-corrected chi connectivity index (χ3v) is 5.97. The first kappa shape index (κ1) is 18.2. The number of sulfonamides is 1. The lowest BCUT2D eigenvalue weighted by atomic mass is 10.1. The van der Waals surface area contributed by atoms with Crippen LogP contribution in [0.4, 0.5) is 5.69 Å². The fourth-order valence-electron chi connectivity index (χ4n) is 3.15. The van der Waals surface area contributed by atoms with E-state index >= 15 is 0 Å². The van der Waals surface area contributed by atoms with Gasteiger partial charge in [0.1, 0.15) is 5.75 Å². The number of nitrogens with one attached hydrogen (secondary N) is 1. The fourth-order valence-corrected chi connectivity index (χ4v) is 4.31. The fraction of sp³-hybridized carbons (Fsp3) is 0.316. The second-order valence-electron chi connectivity index (χ2n) is 6.26. The van der Waals surface area contributed by atoms with Crippen molar-refractivity contribution in [3.05, 3.63) is 54.1 Å². The van der Waals surface area contributed by atoms with Crippen molar-refractivity contribution in [2.75, 3.05) is 31.6 Å². The van der Waals surface area contributed by atoms with E-state index in [0.717, 1.165) is 30.9 Å². The highest BCUT2D eigenvalue weighted by atomic mass is 32.2. The Morgan fingerprint density at radius 2 is 2.08 bits per heavy atom. The maximum atomic E-state index is 12.5. The van der Waals surface area contributed by atoms with Crippen LogP contribution in [-0.4, -0.2) is 35.2 Å². The molecule has 0 bridgehead atoms. The second kappa shape index (κ2) is 7.77. The summed E-state index contributed by atoms with van der Waals surface area (Å²) in [6.45, 7) is 1.99. The molecule has 0 saturated carbocycles. The van der Waals surface area contributed by atoms with Crippen LogP contribution in [0.1, 0.15) is 12.0 Å². The molecule has 2 aromatic carbocycles. The SMILES string of the molecule is COc1ccccc1N1CC[C@H](CNS(=O)(=O)c2cccc(C#N)c2)C1. The normalized spacial score (nSPS) is 17.1. The molecule has 1 N–H and O–H groups in total. The van der Waals surface area contributed by atoms with Gasteiger partial charge < -0.3 is 9.64 Å². The van der Waals surface area contributed by atoms with E-state index in [2.05, 4.69) is 9.62 Å². The molecule has 0 aliphatic carbocycles. The summed E-state index contributed by atoms with van der Waals surface area (Å²) in [6, 6.07) is 15.8. The summed E-state index contributed by atoms with van der Waals surface area (Å²) in [4.78, 5) is 2.34. The van der Waals surface area contributed by atoms with Crippen molar-refractivity contribution in [1.82, 2.24) is 4.72 Å². The maximum Gasteiger partial charge on any atom is 0.240 e. The average molecular weight is 371 g/mol. The molecule has 0 unspecified atom stereocenters. The highest BCUT2D eigenvalue weighted by Crippen LogP contribution is 2.31. The van der Waals surface area contributed by atoms with Gasteiger partial charge in [0, 0.05) is 19.6 Å². The van der Waals surface area contributed by atoms with Crippen LogP contribution in [0, 0.1) is 17.2 Å². The van der Waals surface area contributed by atoms with Crippen LogP contribution in [0.25, 0.3) is 0 Å². The molecule has 2 aromatic rings. The summed E-state index contributed by atoms with van der Waals surface area (Å²) in [5.74, 6) is 1.04. The summed E-state index contributed by atoms with van der Waals surface area (Å²) in [5, 5.41) is 8.93. The van der Waals surface area contributed by atoms with E-state index in [1.165, 1.54) is 12.1 Å². The van der Waals surface area contributed by atoms with Crippen LogP contribution in [0.2, 0.25) is 0 Å². The van der Waals surface area contributed by atoms with E-state index < -0.39 is 10.0 Å². The number of anilines is 1. The maximum absolute atomic E-state index is 12.5. The molecule has 1 aliphatic heterocycles.